The average molecular weight is 383 g/mol. The molecule has 0 radical (unpaired) electrons. The molecule has 0 bridgehead atoms. The molecule has 28 heavy (non-hydrogen) atoms. The topological polar surface area (TPSA) is 93.0 Å². The summed E-state index contributed by atoms with van der Waals surface area (Å²) in [6.07, 6.45) is 0. The molecule has 0 N–H and O–H groups in total. The fourth-order valence-electron chi connectivity index (χ4n) is 3.20. The second-order valence-corrected chi connectivity index (χ2v) is 6.57. The third-order valence-corrected chi connectivity index (χ3v) is 4.83. The summed E-state index contributed by atoms with van der Waals surface area (Å²) in [5.41, 5.74) is 1.43. The molecule has 0 unspecified atom stereocenters. The SMILES string of the molecule is COc1ccc(C(=O)N2CCN(C(=O)c3ccc([N+](=O)[O-])c(C)c3)CC2)cc1. The first-order valence-electron chi connectivity index (χ1n) is 8.88. The number of benzene rings is 2. The molecule has 8 heteroatoms. The Morgan fingerprint density at radius 2 is 1.43 bits per heavy atom. The van der Waals surface area contributed by atoms with Gasteiger partial charge in [-0.25, -0.2) is 0 Å². The Morgan fingerprint density at radius 1 is 0.929 bits per heavy atom. The summed E-state index contributed by atoms with van der Waals surface area (Å²) in [4.78, 5) is 39.1. The minimum Gasteiger partial charge on any atom is -0.497 e. The van der Waals surface area contributed by atoms with Crippen LogP contribution >= 0.6 is 0 Å². The molecule has 0 saturated carbocycles. The van der Waals surface area contributed by atoms with Gasteiger partial charge in [-0.1, -0.05) is 0 Å². The van der Waals surface area contributed by atoms with E-state index in [4.69, 9.17) is 4.74 Å². The van der Waals surface area contributed by atoms with Crippen molar-refractivity contribution >= 4 is 17.5 Å². The van der Waals surface area contributed by atoms with E-state index in [9.17, 15) is 19.7 Å². The predicted octanol–water partition coefficient (Wildman–Crippen LogP) is 2.51. The molecule has 1 aliphatic rings. The number of hydrogen-bond acceptors (Lipinski definition) is 5. The van der Waals surface area contributed by atoms with E-state index in [1.807, 2.05) is 0 Å². The molecular formula is C20H21N3O5. The molecule has 1 fully saturated rings. The van der Waals surface area contributed by atoms with Gasteiger partial charge in [-0.2, -0.15) is 0 Å². The van der Waals surface area contributed by atoms with Gasteiger partial charge < -0.3 is 14.5 Å². The molecule has 0 atom stereocenters. The van der Waals surface area contributed by atoms with Crippen LogP contribution in [0.15, 0.2) is 42.5 Å². The molecule has 3 rings (SSSR count). The first-order chi connectivity index (χ1) is 13.4. The lowest BCUT2D eigenvalue weighted by molar-refractivity contribution is -0.385. The summed E-state index contributed by atoms with van der Waals surface area (Å²) in [6.45, 7) is 3.30. The first kappa shape index (κ1) is 19.3. The van der Waals surface area contributed by atoms with E-state index in [1.54, 1.807) is 48.1 Å². The predicted molar refractivity (Wildman–Crippen MR) is 103 cm³/mol. The van der Waals surface area contributed by atoms with Crippen molar-refractivity contribution < 1.29 is 19.2 Å². The van der Waals surface area contributed by atoms with E-state index in [0.717, 1.165) is 0 Å². The largest absolute Gasteiger partial charge is 0.497 e. The van der Waals surface area contributed by atoms with Crippen molar-refractivity contribution in [2.24, 2.45) is 0 Å². The Bertz CT molecular complexity index is 903. The quantitative estimate of drug-likeness (QED) is 0.597. The van der Waals surface area contributed by atoms with E-state index in [0.29, 0.717) is 48.6 Å². The van der Waals surface area contributed by atoms with Crippen molar-refractivity contribution in [1.82, 2.24) is 9.80 Å². The van der Waals surface area contributed by atoms with Gasteiger partial charge in [0.25, 0.3) is 17.5 Å². The van der Waals surface area contributed by atoms with Gasteiger partial charge in [-0.15, -0.1) is 0 Å². The van der Waals surface area contributed by atoms with Gasteiger partial charge in [-0.3, -0.25) is 19.7 Å². The summed E-state index contributed by atoms with van der Waals surface area (Å²) >= 11 is 0. The summed E-state index contributed by atoms with van der Waals surface area (Å²) in [5.74, 6) is 0.417. The monoisotopic (exact) mass is 383 g/mol. The highest BCUT2D eigenvalue weighted by Gasteiger charge is 2.26. The van der Waals surface area contributed by atoms with Gasteiger partial charge in [0.15, 0.2) is 0 Å². The van der Waals surface area contributed by atoms with Crippen LogP contribution in [0.5, 0.6) is 5.75 Å². The summed E-state index contributed by atoms with van der Waals surface area (Å²) in [5, 5.41) is 10.9. The minimum absolute atomic E-state index is 0.00791. The van der Waals surface area contributed by atoms with E-state index < -0.39 is 4.92 Å². The van der Waals surface area contributed by atoms with Crippen LogP contribution in [-0.4, -0.2) is 59.8 Å². The Balaban J connectivity index is 1.63. The Kier molecular flexibility index (Phi) is 5.58. The van der Waals surface area contributed by atoms with Crippen LogP contribution in [0.25, 0.3) is 0 Å². The van der Waals surface area contributed by atoms with Crippen molar-refractivity contribution in [3.05, 3.63) is 69.3 Å². The summed E-state index contributed by atoms with van der Waals surface area (Å²) in [6, 6.07) is 11.3. The molecule has 8 nitrogen and oxygen atoms in total. The van der Waals surface area contributed by atoms with Crippen LogP contribution in [0.2, 0.25) is 0 Å². The van der Waals surface area contributed by atoms with E-state index >= 15 is 0 Å². The Labute approximate surface area is 162 Å². The number of nitro groups is 1. The number of carbonyl (C=O) groups excluding carboxylic acids is 2. The van der Waals surface area contributed by atoms with Crippen molar-refractivity contribution in [2.75, 3.05) is 33.3 Å². The van der Waals surface area contributed by atoms with Crippen molar-refractivity contribution in [2.45, 2.75) is 6.92 Å². The van der Waals surface area contributed by atoms with Gasteiger partial charge in [0.05, 0.1) is 12.0 Å². The van der Waals surface area contributed by atoms with Crippen LogP contribution < -0.4 is 4.74 Å². The molecule has 1 saturated heterocycles. The number of ether oxygens (including phenoxy) is 1. The molecule has 1 aliphatic heterocycles. The second-order valence-electron chi connectivity index (χ2n) is 6.57. The first-order valence-corrected chi connectivity index (χ1v) is 8.88. The summed E-state index contributed by atoms with van der Waals surface area (Å²) in [7, 11) is 1.57. The summed E-state index contributed by atoms with van der Waals surface area (Å²) < 4.78 is 5.10. The number of piperazine rings is 1. The zero-order chi connectivity index (χ0) is 20.3. The number of carbonyl (C=O) groups is 2. The lowest BCUT2D eigenvalue weighted by Crippen LogP contribution is -2.50. The maximum Gasteiger partial charge on any atom is 0.272 e. The van der Waals surface area contributed by atoms with Crippen LogP contribution in [0.3, 0.4) is 0 Å². The van der Waals surface area contributed by atoms with Crippen LogP contribution in [0.4, 0.5) is 5.69 Å². The third-order valence-electron chi connectivity index (χ3n) is 4.83. The molecule has 0 aromatic heterocycles. The lowest BCUT2D eigenvalue weighted by Gasteiger charge is -2.35. The lowest BCUT2D eigenvalue weighted by atomic mass is 10.1. The van der Waals surface area contributed by atoms with E-state index in [1.165, 1.54) is 18.2 Å². The highest BCUT2D eigenvalue weighted by Crippen LogP contribution is 2.20. The van der Waals surface area contributed by atoms with Gasteiger partial charge in [0.2, 0.25) is 0 Å². The van der Waals surface area contributed by atoms with E-state index in [-0.39, 0.29) is 17.5 Å². The van der Waals surface area contributed by atoms with Gasteiger partial charge in [0.1, 0.15) is 5.75 Å². The van der Waals surface area contributed by atoms with Crippen molar-refractivity contribution in [3.63, 3.8) is 0 Å². The normalized spacial score (nSPS) is 13.9. The standard InChI is InChI=1S/C20H21N3O5/c1-14-13-16(5-8-18(14)23(26)27)20(25)22-11-9-21(10-12-22)19(24)15-3-6-17(28-2)7-4-15/h3-8,13H,9-12H2,1-2H3. The van der Waals surface area contributed by atoms with Gasteiger partial charge in [-0.05, 0) is 43.3 Å². The van der Waals surface area contributed by atoms with E-state index in [2.05, 4.69) is 0 Å². The fourth-order valence-corrected chi connectivity index (χ4v) is 3.20. The zero-order valence-corrected chi connectivity index (χ0v) is 15.8. The fraction of sp³-hybridized carbons (Fsp3) is 0.300. The maximum atomic E-state index is 12.7. The molecule has 0 aliphatic carbocycles. The highest BCUT2D eigenvalue weighted by molar-refractivity contribution is 5.96. The molecule has 0 spiro atoms. The minimum atomic E-state index is -0.465. The smallest absolute Gasteiger partial charge is 0.272 e. The number of aryl methyl sites for hydroxylation is 1. The van der Waals surface area contributed by atoms with Crippen LogP contribution in [-0.2, 0) is 0 Å². The molecule has 1 heterocycles. The maximum absolute atomic E-state index is 12.7. The molecular weight excluding hydrogens is 362 g/mol. The zero-order valence-electron chi connectivity index (χ0n) is 15.8. The van der Waals surface area contributed by atoms with Crippen LogP contribution in [0, 0.1) is 17.0 Å². The van der Waals surface area contributed by atoms with Crippen LogP contribution in [0.1, 0.15) is 26.3 Å². The number of methoxy groups -OCH3 is 1. The highest BCUT2D eigenvalue weighted by atomic mass is 16.6. The van der Waals surface area contributed by atoms with Crippen molar-refractivity contribution in [1.29, 1.82) is 0 Å². The Morgan fingerprint density at radius 3 is 1.89 bits per heavy atom. The number of rotatable bonds is 4. The number of nitrogens with zero attached hydrogens (tertiary/aromatic N) is 3. The molecule has 2 amide bonds. The Hall–Kier alpha value is -3.42. The van der Waals surface area contributed by atoms with Gasteiger partial charge >= 0.3 is 0 Å². The second kappa shape index (κ2) is 8.08. The average Bonchev–Trinajstić information content (AvgIpc) is 2.72. The third kappa shape index (κ3) is 3.95. The van der Waals surface area contributed by atoms with Crippen molar-refractivity contribution in [3.8, 4) is 5.75 Å². The number of hydrogen-bond donors (Lipinski definition) is 0. The van der Waals surface area contributed by atoms with Gasteiger partial charge in [0, 0.05) is 48.9 Å². The molecule has 2 aromatic carbocycles. The number of nitro benzene ring substituents is 1. The number of amides is 2. The molecule has 146 valence electrons. The molecule has 2 aromatic rings.